The third kappa shape index (κ3) is 2.80. The quantitative estimate of drug-likeness (QED) is 0.878. The van der Waals surface area contributed by atoms with Crippen LogP contribution in [0.2, 0.25) is 0 Å². The van der Waals surface area contributed by atoms with Gasteiger partial charge in [-0.15, -0.1) is 0 Å². The monoisotopic (exact) mass is 274 g/mol. The van der Waals surface area contributed by atoms with Crippen molar-refractivity contribution in [3.8, 4) is 5.75 Å². The first kappa shape index (κ1) is 13.4. The van der Waals surface area contributed by atoms with E-state index in [1.165, 1.54) is 5.56 Å². The second-order valence-electron chi connectivity index (χ2n) is 5.79. The number of para-hydroxylation sites is 1. The van der Waals surface area contributed by atoms with Crippen LogP contribution >= 0.6 is 0 Å². The zero-order valence-electron chi connectivity index (χ0n) is 11.9. The number of piperidine rings is 1. The molecule has 1 saturated heterocycles. The van der Waals surface area contributed by atoms with Crippen molar-refractivity contribution >= 4 is 5.91 Å². The maximum absolute atomic E-state index is 12.2. The summed E-state index contributed by atoms with van der Waals surface area (Å²) in [6.07, 6.45) is 3.01. The second kappa shape index (κ2) is 5.83. The molecular formula is C16H22N2O2. The lowest BCUT2D eigenvalue weighted by molar-refractivity contribution is -0.126. The number of hydrogen-bond donors (Lipinski definition) is 2. The van der Waals surface area contributed by atoms with Crippen molar-refractivity contribution in [1.29, 1.82) is 0 Å². The first-order valence-electron chi connectivity index (χ1n) is 7.49. The largest absolute Gasteiger partial charge is 0.488 e. The predicted molar refractivity (Wildman–Crippen MR) is 77.8 cm³/mol. The van der Waals surface area contributed by atoms with Crippen LogP contribution in [0.1, 0.15) is 25.3 Å². The Bertz CT molecular complexity index is 464. The van der Waals surface area contributed by atoms with E-state index in [-0.39, 0.29) is 24.0 Å². The van der Waals surface area contributed by atoms with Gasteiger partial charge in [-0.25, -0.2) is 0 Å². The standard InChI is InChI=1S/C16H22N2O2/c1-11-14(6-4-8-17-11)16(19)18-10-13-9-12-5-2-3-7-15(12)20-13/h2-3,5,7,11,13-14,17H,4,6,8-10H2,1H3,(H,18,19). The van der Waals surface area contributed by atoms with Crippen LogP contribution in [0.25, 0.3) is 0 Å². The second-order valence-corrected chi connectivity index (χ2v) is 5.79. The van der Waals surface area contributed by atoms with E-state index >= 15 is 0 Å². The number of amides is 1. The molecule has 0 saturated carbocycles. The van der Waals surface area contributed by atoms with Gasteiger partial charge in [0.05, 0.1) is 12.5 Å². The zero-order valence-corrected chi connectivity index (χ0v) is 11.9. The highest BCUT2D eigenvalue weighted by atomic mass is 16.5. The van der Waals surface area contributed by atoms with Gasteiger partial charge in [0.15, 0.2) is 0 Å². The number of fused-ring (bicyclic) bond motifs is 1. The summed E-state index contributed by atoms with van der Waals surface area (Å²) in [5, 5.41) is 6.42. The lowest BCUT2D eigenvalue weighted by Crippen LogP contribution is -2.48. The Kier molecular flexibility index (Phi) is 3.92. The number of carbonyl (C=O) groups is 1. The predicted octanol–water partition coefficient (Wildman–Crippen LogP) is 1.49. The highest BCUT2D eigenvalue weighted by Gasteiger charge is 2.29. The summed E-state index contributed by atoms with van der Waals surface area (Å²) in [6.45, 7) is 3.70. The van der Waals surface area contributed by atoms with E-state index in [0.29, 0.717) is 6.54 Å². The Labute approximate surface area is 119 Å². The van der Waals surface area contributed by atoms with Gasteiger partial charge in [0.25, 0.3) is 0 Å². The molecule has 4 heteroatoms. The molecule has 2 aliphatic rings. The number of nitrogens with one attached hydrogen (secondary N) is 2. The minimum atomic E-state index is 0.0724. The summed E-state index contributed by atoms with van der Waals surface area (Å²) in [6, 6.07) is 8.35. The van der Waals surface area contributed by atoms with Crippen LogP contribution in [-0.4, -0.2) is 31.1 Å². The number of hydrogen-bond acceptors (Lipinski definition) is 3. The Morgan fingerprint density at radius 2 is 2.30 bits per heavy atom. The molecule has 3 atom stereocenters. The molecule has 1 aromatic rings. The summed E-state index contributed by atoms with van der Waals surface area (Å²) in [4.78, 5) is 12.2. The first-order chi connectivity index (χ1) is 9.74. The van der Waals surface area contributed by atoms with Crippen LogP contribution in [-0.2, 0) is 11.2 Å². The van der Waals surface area contributed by atoms with Crippen LogP contribution in [0.4, 0.5) is 0 Å². The van der Waals surface area contributed by atoms with Crippen molar-refractivity contribution in [3.63, 3.8) is 0 Å². The van der Waals surface area contributed by atoms with Crippen molar-refractivity contribution in [2.24, 2.45) is 5.92 Å². The molecule has 0 bridgehead atoms. The third-order valence-corrected chi connectivity index (χ3v) is 4.32. The molecule has 2 heterocycles. The summed E-state index contributed by atoms with van der Waals surface area (Å²) in [5.41, 5.74) is 1.24. The minimum Gasteiger partial charge on any atom is -0.488 e. The van der Waals surface area contributed by atoms with Crippen LogP contribution < -0.4 is 15.4 Å². The molecule has 2 N–H and O–H groups in total. The Morgan fingerprint density at radius 3 is 3.10 bits per heavy atom. The Hall–Kier alpha value is -1.55. The summed E-state index contributed by atoms with van der Waals surface area (Å²) in [5.74, 6) is 1.20. The number of carbonyl (C=O) groups excluding carboxylic acids is 1. The van der Waals surface area contributed by atoms with E-state index in [0.717, 1.165) is 31.6 Å². The van der Waals surface area contributed by atoms with Gasteiger partial charge in [0.1, 0.15) is 11.9 Å². The molecule has 3 unspecified atom stereocenters. The molecule has 0 spiro atoms. The Morgan fingerprint density at radius 1 is 1.45 bits per heavy atom. The fourth-order valence-electron chi connectivity index (χ4n) is 3.12. The zero-order chi connectivity index (χ0) is 13.9. The molecule has 1 amide bonds. The minimum absolute atomic E-state index is 0.0724. The molecule has 4 nitrogen and oxygen atoms in total. The van der Waals surface area contributed by atoms with Gasteiger partial charge in [-0.1, -0.05) is 18.2 Å². The Balaban J connectivity index is 1.50. The number of benzene rings is 1. The highest BCUT2D eigenvalue weighted by Crippen LogP contribution is 2.27. The molecule has 1 aromatic carbocycles. The third-order valence-electron chi connectivity index (χ3n) is 4.32. The molecule has 0 aliphatic carbocycles. The molecule has 0 radical (unpaired) electrons. The van der Waals surface area contributed by atoms with E-state index in [4.69, 9.17) is 4.74 Å². The smallest absolute Gasteiger partial charge is 0.224 e. The van der Waals surface area contributed by atoms with Crippen LogP contribution in [0, 0.1) is 5.92 Å². The van der Waals surface area contributed by atoms with Crippen LogP contribution in [0.5, 0.6) is 5.75 Å². The molecule has 20 heavy (non-hydrogen) atoms. The highest BCUT2D eigenvalue weighted by molar-refractivity contribution is 5.79. The van der Waals surface area contributed by atoms with Crippen molar-refractivity contribution in [3.05, 3.63) is 29.8 Å². The molecule has 0 aromatic heterocycles. The van der Waals surface area contributed by atoms with Crippen molar-refractivity contribution in [2.45, 2.75) is 38.3 Å². The van der Waals surface area contributed by atoms with Crippen molar-refractivity contribution in [2.75, 3.05) is 13.1 Å². The molecular weight excluding hydrogens is 252 g/mol. The van der Waals surface area contributed by atoms with Gasteiger partial charge in [-0.2, -0.15) is 0 Å². The van der Waals surface area contributed by atoms with E-state index < -0.39 is 0 Å². The fraction of sp³-hybridized carbons (Fsp3) is 0.562. The van der Waals surface area contributed by atoms with E-state index in [1.807, 2.05) is 18.2 Å². The van der Waals surface area contributed by atoms with Crippen LogP contribution in [0.3, 0.4) is 0 Å². The fourth-order valence-corrected chi connectivity index (χ4v) is 3.12. The SMILES string of the molecule is CC1NCCCC1C(=O)NCC1Cc2ccccc2O1. The van der Waals surface area contributed by atoms with E-state index in [1.54, 1.807) is 0 Å². The topological polar surface area (TPSA) is 50.4 Å². The van der Waals surface area contributed by atoms with Gasteiger partial charge in [0, 0.05) is 12.5 Å². The summed E-state index contributed by atoms with van der Waals surface area (Å²) >= 11 is 0. The van der Waals surface area contributed by atoms with Gasteiger partial charge in [0.2, 0.25) is 5.91 Å². The van der Waals surface area contributed by atoms with E-state index in [2.05, 4.69) is 23.6 Å². The van der Waals surface area contributed by atoms with Gasteiger partial charge in [-0.3, -0.25) is 4.79 Å². The maximum atomic E-state index is 12.2. The summed E-state index contributed by atoms with van der Waals surface area (Å²) in [7, 11) is 0. The lowest BCUT2D eigenvalue weighted by Gasteiger charge is -2.29. The molecule has 108 valence electrons. The average Bonchev–Trinajstić information content (AvgIpc) is 2.88. The van der Waals surface area contributed by atoms with Crippen molar-refractivity contribution in [1.82, 2.24) is 10.6 Å². The first-order valence-corrected chi connectivity index (χ1v) is 7.49. The lowest BCUT2D eigenvalue weighted by atomic mass is 9.91. The number of rotatable bonds is 3. The molecule has 1 fully saturated rings. The normalized spacial score (nSPS) is 28.6. The van der Waals surface area contributed by atoms with Gasteiger partial charge >= 0.3 is 0 Å². The number of ether oxygens (including phenoxy) is 1. The molecule has 2 aliphatic heterocycles. The van der Waals surface area contributed by atoms with Crippen LogP contribution in [0.15, 0.2) is 24.3 Å². The summed E-state index contributed by atoms with van der Waals surface area (Å²) < 4.78 is 5.84. The van der Waals surface area contributed by atoms with Crippen molar-refractivity contribution < 1.29 is 9.53 Å². The average molecular weight is 274 g/mol. The van der Waals surface area contributed by atoms with Gasteiger partial charge < -0.3 is 15.4 Å². The van der Waals surface area contributed by atoms with E-state index in [9.17, 15) is 4.79 Å². The maximum Gasteiger partial charge on any atom is 0.224 e. The van der Waals surface area contributed by atoms with Gasteiger partial charge in [-0.05, 0) is 37.9 Å². The molecule has 3 rings (SSSR count).